The van der Waals surface area contributed by atoms with Gasteiger partial charge < -0.3 is 10.4 Å². The van der Waals surface area contributed by atoms with Crippen LogP contribution in [0.3, 0.4) is 0 Å². The molecule has 19 heavy (non-hydrogen) atoms. The predicted molar refractivity (Wildman–Crippen MR) is 78.6 cm³/mol. The zero-order chi connectivity index (χ0) is 14.2. The molecule has 108 valence electrons. The van der Waals surface area contributed by atoms with Crippen molar-refractivity contribution in [2.24, 2.45) is 0 Å². The summed E-state index contributed by atoms with van der Waals surface area (Å²) in [6.07, 6.45) is 1.38. The summed E-state index contributed by atoms with van der Waals surface area (Å²) in [5.41, 5.74) is -0.136. The van der Waals surface area contributed by atoms with Crippen molar-refractivity contribution in [1.82, 2.24) is 15.1 Å². The van der Waals surface area contributed by atoms with Gasteiger partial charge in [-0.15, -0.1) is 0 Å². The van der Waals surface area contributed by atoms with Crippen LogP contribution in [-0.2, 0) is 0 Å². The zero-order valence-corrected chi connectivity index (χ0v) is 12.7. The summed E-state index contributed by atoms with van der Waals surface area (Å²) in [5, 5.41) is 12.6. The molecule has 0 radical (unpaired) electrons. The summed E-state index contributed by atoms with van der Waals surface area (Å²) < 4.78 is 0. The molecule has 5 nitrogen and oxygen atoms in total. The van der Waals surface area contributed by atoms with Gasteiger partial charge in [-0.25, -0.2) is 4.79 Å². The summed E-state index contributed by atoms with van der Waals surface area (Å²) in [6, 6.07) is 0.158. The van der Waals surface area contributed by atoms with Crippen molar-refractivity contribution in [3.05, 3.63) is 0 Å². The van der Waals surface area contributed by atoms with Gasteiger partial charge in [-0.2, -0.15) is 0 Å². The van der Waals surface area contributed by atoms with Gasteiger partial charge in [0.25, 0.3) is 0 Å². The van der Waals surface area contributed by atoms with Gasteiger partial charge in [0.2, 0.25) is 0 Å². The van der Waals surface area contributed by atoms with E-state index < -0.39 is 6.09 Å². The SMILES string of the molecule is CC(C)(C)NC(=S)[C@@H]1CN2CCC[C@@H]2CN1C(=O)O. The molecule has 1 amide bonds. The highest BCUT2D eigenvalue weighted by atomic mass is 32.1. The minimum absolute atomic E-state index is 0.136. The van der Waals surface area contributed by atoms with E-state index in [4.69, 9.17) is 12.2 Å². The van der Waals surface area contributed by atoms with Crippen LogP contribution < -0.4 is 5.32 Å². The lowest BCUT2D eigenvalue weighted by molar-refractivity contribution is 0.0712. The Kier molecular flexibility index (Phi) is 4.01. The smallest absolute Gasteiger partial charge is 0.407 e. The van der Waals surface area contributed by atoms with E-state index in [0.717, 1.165) is 25.9 Å². The first-order chi connectivity index (χ1) is 8.78. The third-order valence-corrected chi connectivity index (χ3v) is 4.11. The first-order valence-electron chi connectivity index (χ1n) is 6.83. The summed E-state index contributed by atoms with van der Waals surface area (Å²) in [6.45, 7) is 8.46. The van der Waals surface area contributed by atoms with E-state index in [0.29, 0.717) is 17.6 Å². The third kappa shape index (κ3) is 3.36. The minimum atomic E-state index is -0.866. The number of hydrogen-bond acceptors (Lipinski definition) is 3. The van der Waals surface area contributed by atoms with Gasteiger partial charge in [0.05, 0.1) is 6.04 Å². The second-order valence-electron chi connectivity index (χ2n) is 6.48. The molecule has 2 aliphatic heterocycles. The number of rotatable bonds is 1. The van der Waals surface area contributed by atoms with Gasteiger partial charge in [-0.05, 0) is 40.2 Å². The summed E-state index contributed by atoms with van der Waals surface area (Å²) in [5.74, 6) is 0. The lowest BCUT2D eigenvalue weighted by Gasteiger charge is -2.43. The first kappa shape index (κ1) is 14.5. The molecule has 0 bridgehead atoms. The maximum absolute atomic E-state index is 11.4. The topological polar surface area (TPSA) is 55.8 Å². The molecule has 2 saturated heterocycles. The van der Waals surface area contributed by atoms with Crippen LogP contribution in [0.2, 0.25) is 0 Å². The van der Waals surface area contributed by atoms with Gasteiger partial charge in [-0.1, -0.05) is 12.2 Å². The quantitative estimate of drug-likeness (QED) is 0.716. The lowest BCUT2D eigenvalue weighted by Crippen LogP contribution is -2.63. The van der Waals surface area contributed by atoms with Gasteiger partial charge in [0.1, 0.15) is 4.99 Å². The highest BCUT2D eigenvalue weighted by Crippen LogP contribution is 2.25. The zero-order valence-electron chi connectivity index (χ0n) is 11.8. The van der Waals surface area contributed by atoms with E-state index in [-0.39, 0.29) is 11.6 Å². The van der Waals surface area contributed by atoms with Crippen molar-refractivity contribution in [3.8, 4) is 0 Å². The fourth-order valence-electron chi connectivity index (χ4n) is 2.91. The Morgan fingerprint density at radius 2 is 2.05 bits per heavy atom. The van der Waals surface area contributed by atoms with Crippen LogP contribution in [0.25, 0.3) is 0 Å². The van der Waals surface area contributed by atoms with Gasteiger partial charge in [-0.3, -0.25) is 9.80 Å². The molecule has 0 aliphatic carbocycles. The minimum Gasteiger partial charge on any atom is -0.465 e. The maximum atomic E-state index is 11.4. The molecule has 2 N–H and O–H groups in total. The molecule has 2 aliphatic rings. The van der Waals surface area contributed by atoms with E-state index in [2.05, 4.69) is 10.2 Å². The largest absolute Gasteiger partial charge is 0.465 e. The number of carbonyl (C=O) groups is 1. The monoisotopic (exact) mass is 285 g/mol. The number of nitrogens with zero attached hydrogens (tertiary/aromatic N) is 2. The van der Waals surface area contributed by atoms with Crippen molar-refractivity contribution in [3.63, 3.8) is 0 Å². The first-order valence-corrected chi connectivity index (χ1v) is 7.24. The van der Waals surface area contributed by atoms with E-state index >= 15 is 0 Å². The second-order valence-corrected chi connectivity index (χ2v) is 6.92. The molecule has 6 heteroatoms. The van der Waals surface area contributed by atoms with E-state index in [9.17, 15) is 9.90 Å². The molecule has 0 aromatic rings. The summed E-state index contributed by atoms with van der Waals surface area (Å²) >= 11 is 5.44. The van der Waals surface area contributed by atoms with Crippen molar-refractivity contribution >= 4 is 23.3 Å². The van der Waals surface area contributed by atoms with Gasteiger partial charge >= 0.3 is 6.09 Å². The van der Waals surface area contributed by atoms with Crippen molar-refractivity contribution in [1.29, 1.82) is 0 Å². The van der Waals surface area contributed by atoms with Gasteiger partial charge in [0, 0.05) is 24.7 Å². The number of hydrogen-bond donors (Lipinski definition) is 2. The van der Waals surface area contributed by atoms with Crippen molar-refractivity contribution in [2.75, 3.05) is 19.6 Å². The Morgan fingerprint density at radius 1 is 1.37 bits per heavy atom. The lowest BCUT2D eigenvalue weighted by atomic mass is 10.0. The molecule has 2 atom stereocenters. The van der Waals surface area contributed by atoms with Crippen molar-refractivity contribution in [2.45, 2.75) is 51.2 Å². The van der Waals surface area contributed by atoms with Crippen LogP contribution in [-0.4, -0.2) is 63.2 Å². The molecule has 2 fully saturated rings. The van der Waals surface area contributed by atoms with E-state index in [1.165, 1.54) is 4.90 Å². The third-order valence-electron chi connectivity index (χ3n) is 3.74. The molecular weight excluding hydrogens is 262 g/mol. The Hall–Kier alpha value is -0.880. The Balaban J connectivity index is 2.11. The Labute approximate surface area is 119 Å². The molecule has 2 heterocycles. The van der Waals surface area contributed by atoms with Gasteiger partial charge in [0.15, 0.2) is 0 Å². The van der Waals surface area contributed by atoms with Crippen LogP contribution in [0, 0.1) is 0 Å². The average Bonchev–Trinajstić information content (AvgIpc) is 2.71. The number of thiocarbonyl (C=S) groups is 1. The number of piperazine rings is 1. The van der Waals surface area contributed by atoms with Crippen LogP contribution in [0.4, 0.5) is 4.79 Å². The van der Waals surface area contributed by atoms with E-state index in [1.54, 1.807) is 0 Å². The fraction of sp³-hybridized carbons (Fsp3) is 0.846. The number of amides is 1. The molecule has 0 spiro atoms. The number of fused-ring (bicyclic) bond motifs is 1. The van der Waals surface area contributed by atoms with Crippen molar-refractivity contribution < 1.29 is 9.90 Å². The van der Waals surface area contributed by atoms with E-state index in [1.807, 2.05) is 20.8 Å². The van der Waals surface area contributed by atoms with Crippen LogP contribution >= 0.6 is 12.2 Å². The van der Waals surface area contributed by atoms with Crippen LogP contribution in [0.5, 0.6) is 0 Å². The summed E-state index contributed by atoms with van der Waals surface area (Å²) in [7, 11) is 0. The molecule has 0 saturated carbocycles. The predicted octanol–water partition coefficient (Wildman–Crippen LogP) is 1.53. The second kappa shape index (κ2) is 5.25. The Morgan fingerprint density at radius 3 is 2.63 bits per heavy atom. The molecular formula is C13H23N3O2S. The molecule has 0 aromatic carbocycles. The maximum Gasteiger partial charge on any atom is 0.407 e. The molecule has 0 aromatic heterocycles. The average molecular weight is 285 g/mol. The highest BCUT2D eigenvalue weighted by molar-refractivity contribution is 7.80. The normalized spacial score (nSPS) is 28.1. The van der Waals surface area contributed by atoms with Crippen LogP contribution in [0.15, 0.2) is 0 Å². The fourth-order valence-corrected chi connectivity index (χ4v) is 3.41. The van der Waals surface area contributed by atoms with Crippen LogP contribution in [0.1, 0.15) is 33.6 Å². The molecule has 2 rings (SSSR count). The number of nitrogens with one attached hydrogen (secondary N) is 1. The highest BCUT2D eigenvalue weighted by Gasteiger charge is 2.40. The standard InChI is InChI=1S/C13H23N3O2S/c1-13(2,3)14-11(19)10-8-15-6-4-5-9(15)7-16(10)12(17)18/h9-10H,4-8H2,1-3H3,(H,14,19)(H,17,18)/t9-,10+/m1/s1. The summed E-state index contributed by atoms with van der Waals surface area (Å²) in [4.78, 5) is 16.0. The number of carboxylic acid groups (broad SMARTS) is 1. The molecule has 0 unspecified atom stereocenters. The Bertz CT molecular complexity index is 381.